The van der Waals surface area contributed by atoms with Crippen molar-refractivity contribution in [1.29, 1.82) is 0 Å². The topological polar surface area (TPSA) is 67.2 Å². The van der Waals surface area contributed by atoms with Crippen LogP contribution >= 0.6 is 0 Å². The van der Waals surface area contributed by atoms with Gasteiger partial charge in [-0.1, -0.05) is 0 Å². The van der Waals surface area contributed by atoms with Crippen molar-refractivity contribution in [1.82, 2.24) is 19.8 Å². The number of carbonyl (C=O) groups is 2. The molecule has 0 aliphatic carbocycles. The highest BCUT2D eigenvalue weighted by Gasteiger charge is 2.21. The molecule has 6 heteroatoms. The number of aromatic nitrogens is 2. The minimum absolute atomic E-state index is 0.000283. The van der Waals surface area contributed by atoms with Crippen molar-refractivity contribution >= 4 is 11.8 Å². The molecule has 86 valence electrons. The molecule has 6 nitrogen and oxygen atoms in total. The largest absolute Gasteiger partial charge is 0.354 e. The lowest BCUT2D eigenvalue weighted by molar-refractivity contribution is -0.120. The van der Waals surface area contributed by atoms with Gasteiger partial charge in [0.2, 0.25) is 5.91 Å². The second kappa shape index (κ2) is 4.34. The van der Waals surface area contributed by atoms with Crippen LogP contribution in [0.1, 0.15) is 16.9 Å². The lowest BCUT2D eigenvalue weighted by Crippen LogP contribution is -2.35. The number of nitrogens with zero attached hydrogens (tertiary/aromatic N) is 3. The Morgan fingerprint density at radius 3 is 3.00 bits per heavy atom. The summed E-state index contributed by atoms with van der Waals surface area (Å²) >= 11 is 0. The van der Waals surface area contributed by atoms with Crippen molar-refractivity contribution in [2.75, 3.05) is 19.6 Å². The van der Waals surface area contributed by atoms with E-state index >= 15 is 0 Å². The molecular formula is C10H14N4O2. The first-order chi connectivity index (χ1) is 7.68. The third-order valence-corrected chi connectivity index (χ3v) is 2.64. The fourth-order valence-corrected chi connectivity index (χ4v) is 1.70. The average Bonchev–Trinajstić information content (AvgIpc) is 2.56. The average molecular weight is 222 g/mol. The van der Waals surface area contributed by atoms with Crippen molar-refractivity contribution < 1.29 is 9.59 Å². The molecule has 0 aromatic carbocycles. The SMILES string of the molecule is Cn1cncc1C(=O)N1CCNC(=O)CC1. The van der Waals surface area contributed by atoms with Crippen LogP contribution < -0.4 is 5.32 Å². The fourth-order valence-electron chi connectivity index (χ4n) is 1.70. The number of carbonyl (C=O) groups excluding carboxylic acids is 2. The summed E-state index contributed by atoms with van der Waals surface area (Å²) in [6, 6.07) is 0. The van der Waals surface area contributed by atoms with Gasteiger partial charge in [-0.15, -0.1) is 0 Å². The summed E-state index contributed by atoms with van der Waals surface area (Å²) in [5, 5.41) is 2.73. The Balaban J connectivity index is 2.10. The van der Waals surface area contributed by atoms with E-state index in [2.05, 4.69) is 10.3 Å². The minimum atomic E-state index is -0.0727. The number of amides is 2. The molecule has 0 unspecified atom stereocenters. The molecule has 2 amide bonds. The highest BCUT2D eigenvalue weighted by atomic mass is 16.2. The standard InChI is InChI=1S/C10H14N4O2/c1-13-7-11-6-8(13)10(16)14-4-2-9(15)12-3-5-14/h6-7H,2-5H2,1H3,(H,12,15). The van der Waals surface area contributed by atoms with E-state index in [-0.39, 0.29) is 11.8 Å². The van der Waals surface area contributed by atoms with E-state index in [4.69, 9.17) is 0 Å². The zero-order valence-electron chi connectivity index (χ0n) is 9.14. The Bertz CT molecular complexity index is 413. The Morgan fingerprint density at radius 2 is 2.31 bits per heavy atom. The van der Waals surface area contributed by atoms with Gasteiger partial charge in [0.05, 0.1) is 12.5 Å². The van der Waals surface area contributed by atoms with Gasteiger partial charge < -0.3 is 14.8 Å². The lowest BCUT2D eigenvalue weighted by Gasteiger charge is -2.19. The van der Waals surface area contributed by atoms with Crippen LogP contribution in [0.25, 0.3) is 0 Å². The van der Waals surface area contributed by atoms with Gasteiger partial charge >= 0.3 is 0 Å². The van der Waals surface area contributed by atoms with Gasteiger partial charge in [-0.25, -0.2) is 4.98 Å². The van der Waals surface area contributed by atoms with Crippen LogP contribution in [0.15, 0.2) is 12.5 Å². The van der Waals surface area contributed by atoms with Crippen LogP contribution in [-0.4, -0.2) is 45.9 Å². The first-order valence-electron chi connectivity index (χ1n) is 5.21. The first-order valence-corrected chi connectivity index (χ1v) is 5.21. The van der Waals surface area contributed by atoms with Gasteiger partial charge in [0.1, 0.15) is 5.69 Å². The van der Waals surface area contributed by atoms with Crippen molar-refractivity contribution in [2.24, 2.45) is 7.05 Å². The molecule has 1 fully saturated rings. The van der Waals surface area contributed by atoms with Crippen LogP contribution in [-0.2, 0) is 11.8 Å². The monoisotopic (exact) mass is 222 g/mol. The van der Waals surface area contributed by atoms with Crippen LogP contribution in [0.3, 0.4) is 0 Å². The van der Waals surface area contributed by atoms with E-state index in [0.717, 1.165) is 0 Å². The summed E-state index contributed by atoms with van der Waals surface area (Å²) in [7, 11) is 1.78. The van der Waals surface area contributed by atoms with Gasteiger partial charge in [0, 0.05) is 33.1 Å². The van der Waals surface area contributed by atoms with E-state index in [1.54, 1.807) is 29.0 Å². The van der Waals surface area contributed by atoms with Crippen molar-refractivity contribution in [2.45, 2.75) is 6.42 Å². The minimum Gasteiger partial charge on any atom is -0.354 e. The molecule has 1 N–H and O–H groups in total. The zero-order chi connectivity index (χ0) is 11.5. The van der Waals surface area contributed by atoms with Gasteiger partial charge in [-0.2, -0.15) is 0 Å². The Kier molecular flexibility index (Phi) is 2.89. The van der Waals surface area contributed by atoms with Crippen molar-refractivity contribution in [3.05, 3.63) is 18.2 Å². The van der Waals surface area contributed by atoms with E-state index < -0.39 is 0 Å². The maximum Gasteiger partial charge on any atom is 0.272 e. The number of hydrogen-bond acceptors (Lipinski definition) is 3. The van der Waals surface area contributed by atoms with E-state index in [1.165, 1.54) is 0 Å². The molecule has 1 aromatic heterocycles. The molecule has 2 rings (SSSR count). The molecule has 0 bridgehead atoms. The normalized spacial score (nSPS) is 16.8. The number of aryl methyl sites for hydroxylation is 1. The van der Waals surface area contributed by atoms with Crippen molar-refractivity contribution in [3.63, 3.8) is 0 Å². The Hall–Kier alpha value is -1.85. The number of hydrogen-bond donors (Lipinski definition) is 1. The molecule has 2 heterocycles. The molecule has 1 aliphatic heterocycles. The summed E-state index contributed by atoms with van der Waals surface area (Å²) in [5.41, 5.74) is 0.550. The Labute approximate surface area is 93.3 Å². The second-order valence-electron chi connectivity index (χ2n) is 3.78. The summed E-state index contributed by atoms with van der Waals surface area (Å²) in [5.74, 6) is -0.0724. The number of nitrogens with one attached hydrogen (secondary N) is 1. The maximum absolute atomic E-state index is 12.1. The molecular weight excluding hydrogens is 208 g/mol. The summed E-state index contributed by atoms with van der Waals surface area (Å²) in [6.07, 6.45) is 3.50. The van der Waals surface area contributed by atoms with Crippen LogP contribution in [0.5, 0.6) is 0 Å². The lowest BCUT2D eigenvalue weighted by atomic mass is 10.3. The van der Waals surface area contributed by atoms with E-state index in [0.29, 0.717) is 31.7 Å². The molecule has 0 saturated carbocycles. The molecule has 1 aliphatic rings. The van der Waals surface area contributed by atoms with Crippen LogP contribution in [0.2, 0.25) is 0 Å². The maximum atomic E-state index is 12.1. The predicted octanol–water partition coefficient (Wildman–Crippen LogP) is -0.618. The smallest absolute Gasteiger partial charge is 0.272 e. The first kappa shape index (κ1) is 10.7. The van der Waals surface area contributed by atoms with Gasteiger partial charge in [0.25, 0.3) is 5.91 Å². The fraction of sp³-hybridized carbons (Fsp3) is 0.500. The highest BCUT2D eigenvalue weighted by molar-refractivity contribution is 5.93. The third kappa shape index (κ3) is 2.05. The highest BCUT2D eigenvalue weighted by Crippen LogP contribution is 2.05. The van der Waals surface area contributed by atoms with Crippen LogP contribution in [0.4, 0.5) is 0 Å². The Morgan fingerprint density at radius 1 is 1.50 bits per heavy atom. The predicted molar refractivity (Wildman–Crippen MR) is 56.7 cm³/mol. The molecule has 0 spiro atoms. The van der Waals surface area contributed by atoms with E-state index in [9.17, 15) is 9.59 Å². The van der Waals surface area contributed by atoms with Crippen LogP contribution in [0, 0.1) is 0 Å². The zero-order valence-corrected chi connectivity index (χ0v) is 9.14. The summed E-state index contributed by atoms with van der Waals surface area (Å²) in [6.45, 7) is 1.54. The van der Waals surface area contributed by atoms with Crippen molar-refractivity contribution in [3.8, 4) is 0 Å². The third-order valence-electron chi connectivity index (χ3n) is 2.64. The number of rotatable bonds is 1. The molecule has 0 atom stereocenters. The number of imidazole rings is 1. The van der Waals surface area contributed by atoms with Gasteiger partial charge in [0.15, 0.2) is 0 Å². The molecule has 1 aromatic rings. The van der Waals surface area contributed by atoms with Gasteiger partial charge in [-0.05, 0) is 0 Å². The summed E-state index contributed by atoms with van der Waals surface area (Å²) in [4.78, 5) is 28.8. The molecule has 16 heavy (non-hydrogen) atoms. The summed E-state index contributed by atoms with van der Waals surface area (Å²) < 4.78 is 1.68. The molecule has 0 radical (unpaired) electrons. The van der Waals surface area contributed by atoms with Gasteiger partial charge in [-0.3, -0.25) is 9.59 Å². The van der Waals surface area contributed by atoms with E-state index in [1.807, 2.05) is 0 Å². The second-order valence-corrected chi connectivity index (χ2v) is 3.78. The molecule has 1 saturated heterocycles. The quantitative estimate of drug-likeness (QED) is 0.688.